The van der Waals surface area contributed by atoms with Crippen LogP contribution in [0.25, 0.3) is 0 Å². The van der Waals surface area contributed by atoms with E-state index in [2.05, 4.69) is 5.32 Å². The Balaban J connectivity index is 2.53. The van der Waals surface area contributed by atoms with E-state index in [0.717, 1.165) is 11.6 Å². The van der Waals surface area contributed by atoms with E-state index in [-0.39, 0.29) is 5.69 Å². The maximum absolute atomic E-state index is 12.4. The van der Waals surface area contributed by atoms with Gasteiger partial charge in [-0.05, 0) is 23.3 Å². The van der Waals surface area contributed by atoms with E-state index in [0.29, 0.717) is 18.7 Å². The van der Waals surface area contributed by atoms with Gasteiger partial charge in [-0.2, -0.15) is 13.2 Å². The molecule has 5 heteroatoms. The van der Waals surface area contributed by atoms with E-state index in [1.54, 1.807) is 0 Å². The molecule has 1 aromatic carbocycles. The molecule has 2 rings (SSSR count). The molecule has 0 saturated carbocycles. The van der Waals surface area contributed by atoms with Gasteiger partial charge in [-0.25, -0.2) is 0 Å². The Hall–Kier alpha value is -1.23. The lowest BCUT2D eigenvalue weighted by molar-refractivity contribution is -0.136. The van der Waals surface area contributed by atoms with E-state index in [1.807, 2.05) is 0 Å². The Kier molecular flexibility index (Phi) is 1.92. The first kappa shape index (κ1) is 9.33. The predicted molar refractivity (Wildman–Crippen MR) is 46.4 cm³/mol. The summed E-state index contributed by atoms with van der Waals surface area (Å²) in [5.74, 6) is 0. The highest BCUT2D eigenvalue weighted by atomic mass is 19.4. The van der Waals surface area contributed by atoms with Crippen molar-refractivity contribution in [3.63, 3.8) is 0 Å². The van der Waals surface area contributed by atoms with Crippen molar-refractivity contribution in [3.05, 3.63) is 28.8 Å². The van der Waals surface area contributed by atoms with Crippen LogP contribution in [0.2, 0.25) is 0 Å². The number of nitrogen functional groups attached to an aromatic ring is 1. The molecule has 0 aromatic heterocycles. The highest BCUT2D eigenvalue weighted by Gasteiger charge is 2.34. The van der Waals surface area contributed by atoms with Crippen LogP contribution < -0.4 is 11.1 Å². The number of benzene rings is 1. The molecule has 1 aliphatic heterocycles. The van der Waals surface area contributed by atoms with Crippen LogP contribution in [-0.4, -0.2) is 0 Å². The first-order valence-electron chi connectivity index (χ1n) is 4.17. The van der Waals surface area contributed by atoms with Gasteiger partial charge in [0.15, 0.2) is 0 Å². The van der Waals surface area contributed by atoms with Gasteiger partial charge < -0.3 is 11.1 Å². The van der Waals surface area contributed by atoms with Crippen molar-refractivity contribution < 1.29 is 13.2 Å². The molecular weight excluding hydrogens is 193 g/mol. The fourth-order valence-corrected chi connectivity index (χ4v) is 1.61. The Labute approximate surface area is 78.9 Å². The summed E-state index contributed by atoms with van der Waals surface area (Å²) in [4.78, 5) is 0. The van der Waals surface area contributed by atoms with E-state index >= 15 is 0 Å². The number of nitrogens with one attached hydrogen (secondary N) is 1. The van der Waals surface area contributed by atoms with E-state index < -0.39 is 11.7 Å². The molecule has 0 amide bonds. The monoisotopic (exact) mass is 202 g/mol. The van der Waals surface area contributed by atoms with Crippen molar-refractivity contribution in [1.82, 2.24) is 5.32 Å². The molecule has 1 aliphatic rings. The molecule has 0 bridgehead atoms. The van der Waals surface area contributed by atoms with Crippen LogP contribution in [0.3, 0.4) is 0 Å². The average Bonchev–Trinajstić information content (AvgIpc) is 2.47. The van der Waals surface area contributed by atoms with Crippen molar-refractivity contribution in [2.75, 3.05) is 5.73 Å². The molecule has 0 aliphatic carbocycles. The smallest absolute Gasteiger partial charge is 0.398 e. The molecule has 14 heavy (non-hydrogen) atoms. The second kappa shape index (κ2) is 2.88. The Morgan fingerprint density at radius 1 is 1.14 bits per heavy atom. The molecular formula is C9H9F3N2. The molecule has 76 valence electrons. The lowest BCUT2D eigenvalue weighted by Crippen LogP contribution is -2.09. The molecule has 0 radical (unpaired) electrons. The Morgan fingerprint density at radius 3 is 2.29 bits per heavy atom. The quantitative estimate of drug-likeness (QED) is 0.630. The number of nitrogens with two attached hydrogens (primary N) is 1. The van der Waals surface area contributed by atoms with Gasteiger partial charge in [0.25, 0.3) is 0 Å². The van der Waals surface area contributed by atoms with Crippen LogP contribution in [0.5, 0.6) is 0 Å². The van der Waals surface area contributed by atoms with Crippen LogP contribution in [0.15, 0.2) is 12.1 Å². The van der Waals surface area contributed by atoms with E-state index in [9.17, 15) is 13.2 Å². The zero-order valence-corrected chi connectivity index (χ0v) is 7.28. The van der Waals surface area contributed by atoms with Crippen LogP contribution >= 0.6 is 0 Å². The summed E-state index contributed by atoms with van der Waals surface area (Å²) >= 11 is 0. The molecule has 1 heterocycles. The van der Waals surface area contributed by atoms with Crippen molar-refractivity contribution in [2.24, 2.45) is 0 Å². The van der Waals surface area contributed by atoms with Gasteiger partial charge in [-0.15, -0.1) is 0 Å². The first-order valence-corrected chi connectivity index (χ1v) is 4.17. The molecule has 0 unspecified atom stereocenters. The average molecular weight is 202 g/mol. The maximum atomic E-state index is 12.4. The van der Waals surface area contributed by atoms with Crippen LogP contribution in [0.4, 0.5) is 18.9 Å². The van der Waals surface area contributed by atoms with Crippen LogP contribution in [-0.2, 0) is 19.3 Å². The zero-order valence-electron chi connectivity index (χ0n) is 7.28. The summed E-state index contributed by atoms with van der Waals surface area (Å²) in [5.41, 5.74) is 5.94. The molecule has 2 nitrogen and oxygen atoms in total. The van der Waals surface area contributed by atoms with Crippen LogP contribution in [0.1, 0.15) is 16.7 Å². The highest BCUT2D eigenvalue weighted by molar-refractivity contribution is 5.54. The van der Waals surface area contributed by atoms with Gasteiger partial charge in [0.05, 0.1) is 5.56 Å². The van der Waals surface area contributed by atoms with Gasteiger partial charge in [-0.1, -0.05) is 0 Å². The second-order valence-corrected chi connectivity index (χ2v) is 3.31. The number of anilines is 1. The van der Waals surface area contributed by atoms with E-state index in [4.69, 9.17) is 5.73 Å². The molecule has 0 spiro atoms. The van der Waals surface area contributed by atoms with Crippen molar-refractivity contribution in [3.8, 4) is 0 Å². The third-order valence-corrected chi connectivity index (χ3v) is 2.31. The van der Waals surface area contributed by atoms with Crippen LogP contribution in [0, 0.1) is 0 Å². The summed E-state index contributed by atoms with van der Waals surface area (Å²) in [6, 6.07) is 2.53. The fourth-order valence-electron chi connectivity index (χ4n) is 1.61. The summed E-state index contributed by atoms with van der Waals surface area (Å²) in [6.45, 7) is 1.08. The molecule has 0 atom stereocenters. The van der Waals surface area contributed by atoms with Crippen molar-refractivity contribution in [1.29, 1.82) is 0 Å². The lowest BCUT2D eigenvalue weighted by atomic mass is 10.0. The Bertz CT molecular complexity index is 371. The van der Waals surface area contributed by atoms with Gasteiger partial charge >= 0.3 is 6.18 Å². The molecule has 0 fully saturated rings. The third-order valence-electron chi connectivity index (χ3n) is 2.31. The first-order chi connectivity index (χ1) is 6.48. The predicted octanol–water partition coefficient (Wildman–Crippen LogP) is 1.89. The van der Waals surface area contributed by atoms with Crippen molar-refractivity contribution >= 4 is 5.69 Å². The van der Waals surface area contributed by atoms with Gasteiger partial charge in [0, 0.05) is 18.8 Å². The van der Waals surface area contributed by atoms with Gasteiger partial charge in [0.1, 0.15) is 0 Å². The second-order valence-electron chi connectivity index (χ2n) is 3.31. The lowest BCUT2D eigenvalue weighted by Gasteiger charge is -2.11. The zero-order chi connectivity index (χ0) is 10.3. The SMILES string of the molecule is Nc1cc2c(cc1C(F)(F)F)CNC2. The topological polar surface area (TPSA) is 38.0 Å². The Morgan fingerprint density at radius 2 is 1.71 bits per heavy atom. The number of fused-ring (bicyclic) bond motifs is 1. The number of rotatable bonds is 0. The minimum absolute atomic E-state index is 0.194. The minimum atomic E-state index is -4.36. The highest BCUT2D eigenvalue weighted by Crippen LogP contribution is 2.36. The third kappa shape index (κ3) is 1.43. The van der Waals surface area contributed by atoms with Gasteiger partial charge in [0.2, 0.25) is 0 Å². The summed E-state index contributed by atoms with van der Waals surface area (Å²) in [6.07, 6.45) is -4.36. The fraction of sp³-hybridized carbons (Fsp3) is 0.333. The molecule has 1 aromatic rings. The summed E-state index contributed by atoms with van der Waals surface area (Å²) < 4.78 is 37.3. The number of hydrogen-bond acceptors (Lipinski definition) is 2. The normalized spacial score (nSPS) is 15.6. The standard InChI is InChI=1S/C9H9F3N2/c10-9(11,12)7-1-5-3-14-4-6(5)2-8(7)13/h1-2,14H,3-4,13H2. The summed E-state index contributed by atoms with van der Waals surface area (Å²) in [5, 5.41) is 2.97. The molecule has 3 N–H and O–H groups in total. The minimum Gasteiger partial charge on any atom is -0.398 e. The largest absolute Gasteiger partial charge is 0.418 e. The maximum Gasteiger partial charge on any atom is 0.418 e. The number of halogens is 3. The summed E-state index contributed by atoms with van der Waals surface area (Å²) in [7, 11) is 0. The van der Waals surface area contributed by atoms with E-state index in [1.165, 1.54) is 6.07 Å². The van der Waals surface area contributed by atoms with Gasteiger partial charge in [-0.3, -0.25) is 0 Å². The van der Waals surface area contributed by atoms with Crippen molar-refractivity contribution in [2.45, 2.75) is 19.3 Å². The number of hydrogen-bond donors (Lipinski definition) is 2. The molecule has 0 saturated heterocycles. The number of alkyl halides is 3.